The minimum atomic E-state index is -2.95. The van der Waals surface area contributed by atoms with Crippen molar-refractivity contribution >= 4 is 0 Å². The average molecular weight is 174 g/mol. The lowest BCUT2D eigenvalue weighted by Gasteiger charge is -2.08. The van der Waals surface area contributed by atoms with E-state index in [1.165, 1.54) is 7.11 Å². The van der Waals surface area contributed by atoms with E-state index in [2.05, 4.69) is 14.7 Å². The molecule has 0 bridgehead atoms. The lowest BCUT2D eigenvalue weighted by atomic mass is 10.2. The molecular formula is C7H8F2N2O. The van der Waals surface area contributed by atoms with Gasteiger partial charge in [0.1, 0.15) is 12.0 Å². The topological polar surface area (TPSA) is 35.0 Å². The number of ether oxygens (including phenoxy) is 1. The van der Waals surface area contributed by atoms with E-state index in [0.29, 0.717) is 0 Å². The van der Waals surface area contributed by atoms with E-state index in [1.807, 2.05) is 0 Å². The van der Waals surface area contributed by atoms with Gasteiger partial charge in [0.15, 0.2) is 0 Å². The van der Waals surface area contributed by atoms with Crippen LogP contribution in [0.2, 0.25) is 0 Å². The normalized spacial score (nSPS) is 11.3. The lowest BCUT2D eigenvalue weighted by molar-refractivity contribution is 0.0123. The van der Waals surface area contributed by atoms with Crippen LogP contribution in [0.5, 0.6) is 5.88 Å². The smallest absolute Gasteiger partial charge is 0.287 e. The standard InChI is InChI=1S/C7H8F2N2O/c1-7(8,9)5-3-6(12-2)11-4-10-5/h3-4H,1-2H3. The number of halogens is 2. The fourth-order valence-electron chi connectivity index (χ4n) is 0.691. The molecule has 66 valence electrons. The Morgan fingerprint density at radius 1 is 1.42 bits per heavy atom. The first-order valence-electron chi connectivity index (χ1n) is 3.28. The molecule has 0 atom stereocenters. The Morgan fingerprint density at radius 2 is 2.08 bits per heavy atom. The van der Waals surface area contributed by atoms with Crippen molar-refractivity contribution < 1.29 is 13.5 Å². The highest BCUT2D eigenvalue weighted by Gasteiger charge is 2.26. The quantitative estimate of drug-likeness (QED) is 0.683. The molecule has 1 aromatic heterocycles. The van der Waals surface area contributed by atoms with Crippen LogP contribution in [0.1, 0.15) is 12.6 Å². The third-order valence-electron chi connectivity index (χ3n) is 1.30. The summed E-state index contributed by atoms with van der Waals surface area (Å²) < 4.78 is 29.9. The minimum absolute atomic E-state index is 0.140. The molecule has 0 spiro atoms. The first kappa shape index (κ1) is 8.83. The van der Waals surface area contributed by atoms with E-state index >= 15 is 0 Å². The fraction of sp³-hybridized carbons (Fsp3) is 0.429. The first-order valence-corrected chi connectivity index (χ1v) is 3.28. The first-order chi connectivity index (χ1) is 5.54. The van der Waals surface area contributed by atoms with Gasteiger partial charge in [-0.05, 0) is 0 Å². The Kier molecular flexibility index (Phi) is 2.21. The Bertz CT molecular complexity index is 272. The molecule has 1 aromatic rings. The second-order valence-electron chi connectivity index (χ2n) is 2.33. The number of hydrogen-bond acceptors (Lipinski definition) is 3. The molecular weight excluding hydrogens is 166 g/mol. The van der Waals surface area contributed by atoms with Gasteiger partial charge in [-0.15, -0.1) is 0 Å². The third kappa shape index (κ3) is 1.87. The summed E-state index contributed by atoms with van der Waals surface area (Å²) >= 11 is 0. The molecule has 0 aliphatic rings. The van der Waals surface area contributed by atoms with Crippen molar-refractivity contribution in [2.75, 3.05) is 7.11 Å². The molecule has 0 unspecified atom stereocenters. The predicted molar refractivity (Wildman–Crippen MR) is 38.2 cm³/mol. The van der Waals surface area contributed by atoms with E-state index in [4.69, 9.17) is 0 Å². The van der Waals surface area contributed by atoms with Gasteiger partial charge < -0.3 is 4.74 Å². The van der Waals surface area contributed by atoms with Gasteiger partial charge in [0.05, 0.1) is 7.11 Å². The zero-order valence-corrected chi connectivity index (χ0v) is 6.71. The molecule has 1 heterocycles. The molecule has 3 nitrogen and oxygen atoms in total. The van der Waals surface area contributed by atoms with Gasteiger partial charge >= 0.3 is 0 Å². The summed E-state index contributed by atoms with van der Waals surface area (Å²) in [6, 6.07) is 1.11. The fourth-order valence-corrected chi connectivity index (χ4v) is 0.691. The maximum atomic E-state index is 12.6. The zero-order chi connectivity index (χ0) is 9.19. The Morgan fingerprint density at radius 3 is 2.58 bits per heavy atom. The minimum Gasteiger partial charge on any atom is -0.481 e. The lowest BCUT2D eigenvalue weighted by Crippen LogP contribution is -2.10. The van der Waals surface area contributed by atoms with E-state index in [1.54, 1.807) is 0 Å². The second kappa shape index (κ2) is 3.00. The average Bonchev–Trinajstić information content (AvgIpc) is 2.03. The van der Waals surface area contributed by atoms with Crippen LogP contribution in [0.25, 0.3) is 0 Å². The molecule has 12 heavy (non-hydrogen) atoms. The summed E-state index contributed by atoms with van der Waals surface area (Å²) in [5.74, 6) is -2.81. The molecule has 0 saturated carbocycles. The Balaban J connectivity index is 3.02. The van der Waals surface area contributed by atoms with Crippen LogP contribution in [-0.2, 0) is 5.92 Å². The van der Waals surface area contributed by atoms with E-state index in [9.17, 15) is 8.78 Å². The maximum Gasteiger partial charge on any atom is 0.287 e. The number of nitrogens with zero attached hydrogens (tertiary/aromatic N) is 2. The van der Waals surface area contributed by atoms with Crippen molar-refractivity contribution in [1.29, 1.82) is 0 Å². The molecule has 0 amide bonds. The molecule has 5 heteroatoms. The van der Waals surface area contributed by atoms with Crippen LogP contribution in [0, 0.1) is 0 Å². The molecule has 0 N–H and O–H groups in total. The summed E-state index contributed by atoms with van der Waals surface area (Å²) in [4.78, 5) is 7.02. The summed E-state index contributed by atoms with van der Waals surface area (Å²) in [5, 5.41) is 0. The Labute approximate surface area is 68.4 Å². The summed E-state index contributed by atoms with van der Waals surface area (Å²) in [6.45, 7) is 0.773. The number of alkyl halides is 2. The molecule has 0 aliphatic heterocycles. The van der Waals surface area contributed by atoms with Crippen LogP contribution in [0.15, 0.2) is 12.4 Å². The van der Waals surface area contributed by atoms with Crippen molar-refractivity contribution in [3.05, 3.63) is 18.1 Å². The van der Waals surface area contributed by atoms with Gasteiger partial charge in [-0.1, -0.05) is 0 Å². The highest BCUT2D eigenvalue weighted by molar-refractivity contribution is 5.16. The van der Waals surface area contributed by atoms with Gasteiger partial charge in [-0.2, -0.15) is 8.78 Å². The van der Waals surface area contributed by atoms with Crippen molar-refractivity contribution in [1.82, 2.24) is 9.97 Å². The van der Waals surface area contributed by atoms with Crippen molar-refractivity contribution in [3.63, 3.8) is 0 Å². The second-order valence-corrected chi connectivity index (χ2v) is 2.33. The van der Waals surface area contributed by atoms with Gasteiger partial charge in [-0.25, -0.2) is 9.97 Å². The number of aromatic nitrogens is 2. The van der Waals surface area contributed by atoms with E-state index in [-0.39, 0.29) is 11.6 Å². The summed E-state index contributed by atoms with van der Waals surface area (Å²) in [5.41, 5.74) is -0.339. The summed E-state index contributed by atoms with van der Waals surface area (Å²) in [7, 11) is 1.36. The number of rotatable bonds is 2. The largest absolute Gasteiger partial charge is 0.481 e. The van der Waals surface area contributed by atoms with Gasteiger partial charge in [-0.3, -0.25) is 0 Å². The molecule has 0 aliphatic carbocycles. The van der Waals surface area contributed by atoms with Gasteiger partial charge in [0, 0.05) is 13.0 Å². The van der Waals surface area contributed by atoms with Crippen LogP contribution in [0.3, 0.4) is 0 Å². The van der Waals surface area contributed by atoms with Crippen LogP contribution in [-0.4, -0.2) is 17.1 Å². The van der Waals surface area contributed by atoms with Crippen LogP contribution >= 0.6 is 0 Å². The molecule has 0 aromatic carbocycles. The third-order valence-corrected chi connectivity index (χ3v) is 1.30. The van der Waals surface area contributed by atoms with E-state index < -0.39 is 5.92 Å². The maximum absolute atomic E-state index is 12.6. The van der Waals surface area contributed by atoms with Crippen molar-refractivity contribution in [2.45, 2.75) is 12.8 Å². The molecule has 0 saturated heterocycles. The summed E-state index contributed by atoms with van der Waals surface area (Å²) in [6.07, 6.45) is 1.05. The highest BCUT2D eigenvalue weighted by Crippen LogP contribution is 2.25. The molecule has 1 rings (SSSR count). The van der Waals surface area contributed by atoms with E-state index in [0.717, 1.165) is 19.3 Å². The predicted octanol–water partition coefficient (Wildman–Crippen LogP) is 1.60. The van der Waals surface area contributed by atoms with Gasteiger partial charge in [0.2, 0.25) is 5.88 Å². The number of hydrogen-bond donors (Lipinski definition) is 0. The van der Waals surface area contributed by atoms with Gasteiger partial charge in [0.25, 0.3) is 5.92 Å². The van der Waals surface area contributed by atoms with Crippen LogP contribution in [0.4, 0.5) is 8.78 Å². The Hall–Kier alpha value is -1.26. The highest BCUT2D eigenvalue weighted by atomic mass is 19.3. The molecule has 0 radical (unpaired) electrons. The zero-order valence-electron chi connectivity index (χ0n) is 6.71. The number of methoxy groups -OCH3 is 1. The van der Waals surface area contributed by atoms with Crippen molar-refractivity contribution in [2.24, 2.45) is 0 Å². The van der Waals surface area contributed by atoms with Crippen molar-refractivity contribution in [3.8, 4) is 5.88 Å². The SMILES string of the molecule is COc1cc(C(C)(F)F)ncn1. The molecule has 0 fully saturated rings. The monoisotopic (exact) mass is 174 g/mol. The van der Waals surface area contributed by atoms with Crippen LogP contribution < -0.4 is 4.74 Å².